The van der Waals surface area contributed by atoms with E-state index in [4.69, 9.17) is 10.5 Å². The zero-order valence-corrected chi connectivity index (χ0v) is 12.7. The Hall–Kier alpha value is -1.75. The third kappa shape index (κ3) is 3.88. The first-order chi connectivity index (χ1) is 10.0. The van der Waals surface area contributed by atoms with Crippen LogP contribution in [-0.4, -0.2) is 36.1 Å². The molecule has 1 amide bonds. The van der Waals surface area contributed by atoms with Gasteiger partial charge in [0.05, 0.1) is 7.11 Å². The molecule has 1 aromatic rings. The molecule has 0 spiro atoms. The van der Waals surface area contributed by atoms with Crippen LogP contribution in [-0.2, 0) is 11.3 Å². The summed E-state index contributed by atoms with van der Waals surface area (Å²) in [5.41, 5.74) is 6.95. The second-order valence-electron chi connectivity index (χ2n) is 5.81. The van der Waals surface area contributed by atoms with Crippen LogP contribution in [0.4, 0.5) is 0 Å². The molecule has 1 aromatic carbocycles. The molecule has 0 heterocycles. The SMILES string of the molecule is COc1cc(CN(C)C(=O)C[C@@H]2CCC[C@H]2N)ccc1O. The summed E-state index contributed by atoms with van der Waals surface area (Å²) in [7, 11) is 3.30. The molecule has 0 unspecified atom stereocenters. The summed E-state index contributed by atoms with van der Waals surface area (Å²) in [6, 6.07) is 5.29. The maximum absolute atomic E-state index is 12.3. The van der Waals surface area contributed by atoms with Gasteiger partial charge >= 0.3 is 0 Å². The van der Waals surface area contributed by atoms with Crippen LogP contribution in [0.1, 0.15) is 31.2 Å². The lowest BCUT2D eigenvalue weighted by Crippen LogP contribution is -2.32. The van der Waals surface area contributed by atoms with Crippen molar-refractivity contribution in [1.29, 1.82) is 0 Å². The van der Waals surface area contributed by atoms with Gasteiger partial charge in [-0.1, -0.05) is 12.5 Å². The zero-order valence-electron chi connectivity index (χ0n) is 12.7. The number of nitrogens with two attached hydrogens (primary N) is 1. The molecule has 5 heteroatoms. The largest absolute Gasteiger partial charge is 0.504 e. The molecule has 2 rings (SSSR count). The number of phenolic OH excluding ortho intramolecular Hbond substituents is 1. The normalized spacial score (nSPS) is 21.3. The summed E-state index contributed by atoms with van der Waals surface area (Å²) in [4.78, 5) is 14.0. The van der Waals surface area contributed by atoms with Crippen LogP contribution in [0.2, 0.25) is 0 Å². The fourth-order valence-corrected chi connectivity index (χ4v) is 2.88. The number of ether oxygens (including phenoxy) is 1. The van der Waals surface area contributed by atoms with Gasteiger partial charge in [0.25, 0.3) is 0 Å². The quantitative estimate of drug-likeness (QED) is 0.869. The first-order valence-corrected chi connectivity index (χ1v) is 7.36. The van der Waals surface area contributed by atoms with Gasteiger partial charge in [-0.2, -0.15) is 0 Å². The Morgan fingerprint density at radius 3 is 2.86 bits per heavy atom. The van der Waals surface area contributed by atoms with Gasteiger partial charge in [0, 0.05) is 26.1 Å². The lowest BCUT2D eigenvalue weighted by Gasteiger charge is -2.21. The van der Waals surface area contributed by atoms with Crippen LogP contribution in [0.5, 0.6) is 11.5 Å². The highest BCUT2D eigenvalue weighted by Gasteiger charge is 2.27. The first-order valence-electron chi connectivity index (χ1n) is 7.36. The minimum absolute atomic E-state index is 0.104. The van der Waals surface area contributed by atoms with E-state index in [1.807, 2.05) is 0 Å². The van der Waals surface area contributed by atoms with Gasteiger partial charge in [-0.25, -0.2) is 0 Å². The third-order valence-corrected chi connectivity index (χ3v) is 4.24. The summed E-state index contributed by atoms with van der Waals surface area (Å²) in [5.74, 6) is 0.956. The number of nitrogens with zero attached hydrogens (tertiary/aromatic N) is 1. The predicted molar refractivity (Wildman–Crippen MR) is 81.1 cm³/mol. The molecule has 2 atom stereocenters. The topological polar surface area (TPSA) is 75.8 Å². The Bertz CT molecular complexity index is 504. The molecular weight excluding hydrogens is 268 g/mol. The van der Waals surface area contributed by atoms with Crippen LogP contribution >= 0.6 is 0 Å². The van der Waals surface area contributed by atoms with Crippen molar-refractivity contribution in [2.45, 2.75) is 38.3 Å². The number of aromatic hydroxyl groups is 1. The van der Waals surface area contributed by atoms with Crippen LogP contribution < -0.4 is 10.5 Å². The number of hydrogen-bond acceptors (Lipinski definition) is 4. The molecule has 21 heavy (non-hydrogen) atoms. The van der Waals surface area contributed by atoms with Gasteiger partial charge in [0.1, 0.15) is 0 Å². The molecule has 0 saturated heterocycles. The third-order valence-electron chi connectivity index (χ3n) is 4.24. The summed E-state index contributed by atoms with van der Waals surface area (Å²) >= 11 is 0. The molecule has 1 aliphatic rings. The zero-order chi connectivity index (χ0) is 15.4. The summed E-state index contributed by atoms with van der Waals surface area (Å²) in [5, 5.41) is 9.58. The van der Waals surface area contributed by atoms with Gasteiger partial charge in [0.15, 0.2) is 11.5 Å². The van der Waals surface area contributed by atoms with Crippen LogP contribution in [0.25, 0.3) is 0 Å². The Morgan fingerprint density at radius 2 is 2.24 bits per heavy atom. The number of rotatable bonds is 5. The lowest BCUT2D eigenvalue weighted by atomic mass is 9.99. The van der Waals surface area contributed by atoms with E-state index in [0.29, 0.717) is 24.6 Å². The Labute approximate surface area is 125 Å². The van der Waals surface area contributed by atoms with E-state index in [1.165, 1.54) is 7.11 Å². The minimum atomic E-state index is 0.104. The van der Waals surface area contributed by atoms with Crippen molar-refractivity contribution < 1.29 is 14.6 Å². The number of hydrogen-bond donors (Lipinski definition) is 2. The number of methoxy groups -OCH3 is 1. The number of carbonyl (C=O) groups is 1. The maximum atomic E-state index is 12.3. The van der Waals surface area contributed by atoms with Gasteiger partial charge in [0.2, 0.25) is 5.91 Å². The fraction of sp³-hybridized carbons (Fsp3) is 0.562. The van der Waals surface area contributed by atoms with Crippen molar-refractivity contribution in [2.24, 2.45) is 11.7 Å². The van der Waals surface area contributed by atoms with Crippen molar-refractivity contribution in [2.75, 3.05) is 14.2 Å². The predicted octanol–water partition coefficient (Wildman–Crippen LogP) is 1.88. The van der Waals surface area contributed by atoms with E-state index in [9.17, 15) is 9.90 Å². The molecule has 3 N–H and O–H groups in total. The van der Waals surface area contributed by atoms with Gasteiger partial charge < -0.3 is 20.5 Å². The van der Waals surface area contributed by atoms with Crippen LogP contribution in [0, 0.1) is 5.92 Å². The number of amides is 1. The number of benzene rings is 1. The molecule has 1 aliphatic carbocycles. The Morgan fingerprint density at radius 1 is 1.48 bits per heavy atom. The first kappa shape index (κ1) is 15.6. The van der Waals surface area contributed by atoms with E-state index in [1.54, 1.807) is 30.1 Å². The smallest absolute Gasteiger partial charge is 0.222 e. The van der Waals surface area contributed by atoms with Crippen molar-refractivity contribution in [3.05, 3.63) is 23.8 Å². The second kappa shape index (κ2) is 6.80. The highest BCUT2D eigenvalue weighted by atomic mass is 16.5. The van der Waals surface area contributed by atoms with Crippen molar-refractivity contribution in [1.82, 2.24) is 4.90 Å². The van der Waals surface area contributed by atoms with Gasteiger partial charge in [-0.05, 0) is 36.5 Å². The second-order valence-corrected chi connectivity index (χ2v) is 5.81. The standard InChI is InChI=1S/C16H24N2O3/c1-18(16(20)9-12-4-3-5-13(12)17)10-11-6-7-14(19)15(8-11)21-2/h6-8,12-13,19H,3-5,9-10,17H2,1-2H3/t12-,13+/m0/s1. The number of carbonyl (C=O) groups excluding carboxylic acids is 1. The van der Waals surface area contributed by atoms with Crippen molar-refractivity contribution >= 4 is 5.91 Å². The average Bonchev–Trinajstić information content (AvgIpc) is 2.86. The average molecular weight is 292 g/mol. The van der Waals surface area contributed by atoms with Crippen LogP contribution in [0.3, 0.4) is 0 Å². The molecule has 1 saturated carbocycles. The van der Waals surface area contributed by atoms with Crippen molar-refractivity contribution in [3.8, 4) is 11.5 Å². The summed E-state index contributed by atoms with van der Waals surface area (Å²) < 4.78 is 5.08. The maximum Gasteiger partial charge on any atom is 0.222 e. The fourth-order valence-electron chi connectivity index (χ4n) is 2.88. The van der Waals surface area contributed by atoms with Gasteiger partial charge in [-0.15, -0.1) is 0 Å². The van der Waals surface area contributed by atoms with Gasteiger partial charge in [-0.3, -0.25) is 4.79 Å². The van der Waals surface area contributed by atoms with E-state index >= 15 is 0 Å². The van der Waals surface area contributed by atoms with Crippen molar-refractivity contribution in [3.63, 3.8) is 0 Å². The molecule has 0 aliphatic heterocycles. The highest BCUT2D eigenvalue weighted by Crippen LogP contribution is 2.28. The lowest BCUT2D eigenvalue weighted by molar-refractivity contribution is -0.131. The Kier molecular flexibility index (Phi) is 5.07. The van der Waals surface area contributed by atoms with E-state index < -0.39 is 0 Å². The molecule has 5 nitrogen and oxygen atoms in total. The molecule has 0 bridgehead atoms. The van der Waals surface area contributed by atoms with E-state index in [0.717, 1.165) is 24.8 Å². The number of phenols is 1. The molecule has 0 radical (unpaired) electrons. The monoisotopic (exact) mass is 292 g/mol. The van der Waals surface area contributed by atoms with E-state index in [2.05, 4.69) is 0 Å². The highest BCUT2D eigenvalue weighted by molar-refractivity contribution is 5.76. The Balaban J connectivity index is 1.94. The molecular formula is C16H24N2O3. The van der Waals surface area contributed by atoms with Crippen LogP contribution in [0.15, 0.2) is 18.2 Å². The minimum Gasteiger partial charge on any atom is -0.504 e. The summed E-state index contributed by atoms with van der Waals surface area (Å²) in [6.45, 7) is 0.497. The molecule has 0 aromatic heterocycles. The molecule has 1 fully saturated rings. The summed E-state index contributed by atoms with van der Waals surface area (Å²) in [6.07, 6.45) is 3.72. The van der Waals surface area contributed by atoms with E-state index in [-0.39, 0.29) is 17.7 Å². The molecule has 116 valence electrons.